The van der Waals surface area contributed by atoms with Crippen molar-refractivity contribution in [2.45, 2.75) is 18.9 Å². The molecule has 2 aromatic heterocycles. The number of hydrogen-bond acceptors (Lipinski definition) is 4. The maximum atomic E-state index is 4.16. The van der Waals surface area contributed by atoms with Gasteiger partial charge in [-0.3, -0.25) is 4.68 Å². The summed E-state index contributed by atoms with van der Waals surface area (Å²) >= 11 is 0. The van der Waals surface area contributed by atoms with E-state index >= 15 is 0 Å². The van der Waals surface area contributed by atoms with Crippen LogP contribution in [0, 0.1) is 0 Å². The lowest BCUT2D eigenvalue weighted by Gasteiger charge is -2.14. The maximum Gasteiger partial charge on any atom is 0.115 e. The molecule has 0 bridgehead atoms. The normalized spacial score (nSPS) is 12.6. The highest BCUT2D eigenvalue weighted by molar-refractivity contribution is 5.11. The predicted molar refractivity (Wildman–Crippen MR) is 65.4 cm³/mol. The van der Waals surface area contributed by atoms with E-state index in [1.807, 2.05) is 43.6 Å². The average Bonchev–Trinajstić information content (AvgIpc) is 2.77. The second kappa shape index (κ2) is 5.54. The summed E-state index contributed by atoms with van der Waals surface area (Å²) in [5.41, 5.74) is 2.38. The van der Waals surface area contributed by atoms with E-state index in [-0.39, 0.29) is 6.04 Å². The Bertz CT molecular complexity index is 451. The molecule has 0 spiro atoms. The smallest absolute Gasteiger partial charge is 0.115 e. The fourth-order valence-corrected chi connectivity index (χ4v) is 1.88. The summed E-state index contributed by atoms with van der Waals surface area (Å²) in [6.45, 7) is 0. The van der Waals surface area contributed by atoms with E-state index in [1.165, 1.54) is 5.56 Å². The quantitative estimate of drug-likeness (QED) is 0.837. The van der Waals surface area contributed by atoms with Crippen LogP contribution in [0.2, 0.25) is 0 Å². The minimum atomic E-state index is 0.288. The van der Waals surface area contributed by atoms with Gasteiger partial charge in [0.25, 0.3) is 0 Å². The average molecular weight is 231 g/mol. The fraction of sp³-hybridized carbons (Fsp3) is 0.417. The Morgan fingerprint density at radius 3 is 2.65 bits per heavy atom. The van der Waals surface area contributed by atoms with E-state index in [0.717, 1.165) is 18.4 Å². The van der Waals surface area contributed by atoms with E-state index < -0.39 is 0 Å². The summed E-state index contributed by atoms with van der Waals surface area (Å²) in [4.78, 5) is 8.09. The summed E-state index contributed by atoms with van der Waals surface area (Å²) in [6.07, 6.45) is 11.2. The number of nitrogens with one attached hydrogen (secondary N) is 1. The van der Waals surface area contributed by atoms with Crippen LogP contribution >= 0.6 is 0 Å². The highest BCUT2D eigenvalue weighted by Gasteiger charge is 2.10. The Kier molecular flexibility index (Phi) is 3.82. The first-order valence-electron chi connectivity index (χ1n) is 5.69. The van der Waals surface area contributed by atoms with E-state index in [4.69, 9.17) is 0 Å². The lowest BCUT2D eigenvalue weighted by Crippen LogP contribution is -2.17. The molecular formula is C12H17N5. The van der Waals surface area contributed by atoms with Gasteiger partial charge in [-0.2, -0.15) is 5.10 Å². The van der Waals surface area contributed by atoms with Gasteiger partial charge in [0.05, 0.1) is 6.20 Å². The molecule has 0 fully saturated rings. The predicted octanol–water partition coefficient (Wildman–Crippen LogP) is 1.10. The van der Waals surface area contributed by atoms with Gasteiger partial charge < -0.3 is 5.32 Å². The van der Waals surface area contributed by atoms with Crippen molar-refractivity contribution in [2.75, 3.05) is 7.05 Å². The molecule has 0 aromatic carbocycles. The summed E-state index contributed by atoms with van der Waals surface area (Å²) in [6, 6.07) is 0.288. The van der Waals surface area contributed by atoms with Crippen LogP contribution in [-0.2, 0) is 13.5 Å². The SMILES string of the molecule is CNC(CCc1cnn(C)c1)c1cncnc1. The van der Waals surface area contributed by atoms with Crippen molar-refractivity contribution in [3.05, 3.63) is 42.2 Å². The van der Waals surface area contributed by atoms with Crippen molar-refractivity contribution >= 4 is 0 Å². The lowest BCUT2D eigenvalue weighted by molar-refractivity contribution is 0.545. The van der Waals surface area contributed by atoms with Crippen molar-refractivity contribution in [1.82, 2.24) is 25.1 Å². The van der Waals surface area contributed by atoms with Crippen molar-refractivity contribution in [1.29, 1.82) is 0 Å². The van der Waals surface area contributed by atoms with Gasteiger partial charge in [0, 0.05) is 37.2 Å². The maximum absolute atomic E-state index is 4.16. The first kappa shape index (κ1) is 11.7. The minimum absolute atomic E-state index is 0.288. The second-order valence-corrected chi connectivity index (χ2v) is 4.07. The third kappa shape index (κ3) is 3.10. The molecule has 0 aliphatic rings. The van der Waals surface area contributed by atoms with Crippen LogP contribution < -0.4 is 5.32 Å². The van der Waals surface area contributed by atoms with Crippen LogP contribution in [0.4, 0.5) is 0 Å². The molecular weight excluding hydrogens is 214 g/mol. The number of nitrogens with zero attached hydrogens (tertiary/aromatic N) is 4. The molecule has 0 saturated heterocycles. The Balaban J connectivity index is 1.97. The van der Waals surface area contributed by atoms with Gasteiger partial charge >= 0.3 is 0 Å². The van der Waals surface area contributed by atoms with Crippen LogP contribution in [0.5, 0.6) is 0 Å². The standard InChI is InChI=1S/C12H17N5/c1-13-12(11-6-14-9-15-7-11)4-3-10-5-16-17(2)8-10/h5-9,12-13H,3-4H2,1-2H3. The second-order valence-electron chi connectivity index (χ2n) is 4.07. The third-order valence-electron chi connectivity index (χ3n) is 2.81. The molecule has 0 aliphatic carbocycles. The van der Waals surface area contributed by atoms with E-state index in [9.17, 15) is 0 Å². The Morgan fingerprint density at radius 1 is 1.29 bits per heavy atom. The van der Waals surface area contributed by atoms with Crippen LogP contribution in [-0.4, -0.2) is 26.8 Å². The summed E-state index contributed by atoms with van der Waals surface area (Å²) in [5.74, 6) is 0. The Hall–Kier alpha value is -1.75. The van der Waals surface area contributed by atoms with Crippen LogP contribution in [0.1, 0.15) is 23.6 Å². The highest BCUT2D eigenvalue weighted by Crippen LogP contribution is 2.16. The zero-order valence-corrected chi connectivity index (χ0v) is 10.2. The lowest BCUT2D eigenvalue weighted by atomic mass is 10.0. The van der Waals surface area contributed by atoms with Gasteiger partial charge in [0.15, 0.2) is 0 Å². The molecule has 1 unspecified atom stereocenters. The number of hydrogen-bond donors (Lipinski definition) is 1. The summed E-state index contributed by atoms with van der Waals surface area (Å²) in [5, 5.41) is 7.45. The molecule has 0 aliphatic heterocycles. The topological polar surface area (TPSA) is 55.6 Å². The van der Waals surface area contributed by atoms with E-state index in [1.54, 1.807) is 6.33 Å². The zero-order valence-electron chi connectivity index (χ0n) is 10.2. The zero-order chi connectivity index (χ0) is 12.1. The van der Waals surface area contributed by atoms with Crippen LogP contribution in [0.15, 0.2) is 31.1 Å². The van der Waals surface area contributed by atoms with Gasteiger partial charge in [0.1, 0.15) is 6.33 Å². The van der Waals surface area contributed by atoms with Crippen LogP contribution in [0.25, 0.3) is 0 Å². The molecule has 0 saturated carbocycles. The van der Waals surface area contributed by atoms with Gasteiger partial charge in [-0.05, 0) is 25.5 Å². The van der Waals surface area contributed by atoms with Gasteiger partial charge in [-0.15, -0.1) is 0 Å². The molecule has 2 rings (SSSR count). The molecule has 17 heavy (non-hydrogen) atoms. The van der Waals surface area contributed by atoms with Gasteiger partial charge in [-0.25, -0.2) is 9.97 Å². The van der Waals surface area contributed by atoms with E-state index in [0.29, 0.717) is 0 Å². The Morgan fingerprint density at radius 2 is 2.06 bits per heavy atom. The Labute approximate surface area is 101 Å². The van der Waals surface area contributed by atoms with Crippen LogP contribution in [0.3, 0.4) is 0 Å². The first-order chi connectivity index (χ1) is 8.29. The molecule has 2 aromatic rings. The van der Waals surface area contributed by atoms with Crippen molar-refractivity contribution in [3.63, 3.8) is 0 Å². The molecule has 1 atom stereocenters. The highest BCUT2D eigenvalue weighted by atomic mass is 15.2. The monoisotopic (exact) mass is 231 g/mol. The third-order valence-corrected chi connectivity index (χ3v) is 2.81. The molecule has 1 N–H and O–H groups in total. The van der Waals surface area contributed by atoms with Crippen molar-refractivity contribution in [3.8, 4) is 0 Å². The fourth-order valence-electron chi connectivity index (χ4n) is 1.88. The van der Waals surface area contributed by atoms with E-state index in [2.05, 4.69) is 20.4 Å². The van der Waals surface area contributed by atoms with Crippen molar-refractivity contribution < 1.29 is 0 Å². The number of aryl methyl sites for hydroxylation is 2. The molecule has 2 heterocycles. The van der Waals surface area contributed by atoms with Gasteiger partial charge in [-0.1, -0.05) is 0 Å². The van der Waals surface area contributed by atoms with Gasteiger partial charge in [0.2, 0.25) is 0 Å². The summed E-state index contributed by atoms with van der Waals surface area (Å²) in [7, 11) is 3.89. The number of rotatable bonds is 5. The van der Waals surface area contributed by atoms with Crippen molar-refractivity contribution in [2.24, 2.45) is 7.05 Å². The molecule has 90 valence electrons. The summed E-state index contributed by atoms with van der Waals surface area (Å²) < 4.78 is 1.83. The largest absolute Gasteiger partial charge is 0.313 e. The minimum Gasteiger partial charge on any atom is -0.313 e. The molecule has 0 radical (unpaired) electrons. The molecule has 5 nitrogen and oxygen atoms in total. The number of aromatic nitrogens is 4. The molecule has 0 amide bonds. The first-order valence-corrected chi connectivity index (χ1v) is 5.69. The molecule has 5 heteroatoms.